The van der Waals surface area contributed by atoms with Gasteiger partial charge in [0.2, 0.25) is 0 Å². The Balaban J connectivity index is 1.43. The van der Waals surface area contributed by atoms with E-state index in [9.17, 15) is 5.11 Å². The SMILES string of the molecule is COc1ccc(C2CC(NCC3(O)CCCCC3)C2)cc1. The Morgan fingerprint density at radius 3 is 2.43 bits per heavy atom. The molecule has 0 heterocycles. The van der Waals surface area contributed by atoms with E-state index in [0.29, 0.717) is 12.0 Å². The molecule has 2 aliphatic carbocycles. The summed E-state index contributed by atoms with van der Waals surface area (Å²) in [5.74, 6) is 1.58. The Bertz CT molecular complexity index is 445. The third kappa shape index (κ3) is 3.58. The maximum atomic E-state index is 10.5. The molecule has 1 aromatic carbocycles. The number of nitrogens with one attached hydrogen (secondary N) is 1. The highest BCUT2D eigenvalue weighted by atomic mass is 16.5. The normalized spacial score (nSPS) is 27.9. The average Bonchev–Trinajstić information content (AvgIpc) is 2.47. The summed E-state index contributed by atoms with van der Waals surface area (Å²) >= 11 is 0. The van der Waals surface area contributed by atoms with E-state index in [4.69, 9.17) is 4.74 Å². The molecule has 21 heavy (non-hydrogen) atoms. The molecule has 0 aromatic heterocycles. The minimum absolute atomic E-state index is 0.441. The van der Waals surface area contributed by atoms with Crippen molar-refractivity contribution < 1.29 is 9.84 Å². The molecule has 2 saturated carbocycles. The number of benzene rings is 1. The van der Waals surface area contributed by atoms with Crippen molar-refractivity contribution in [3.8, 4) is 5.75 Å². The van der Waals surface area contributed by atoms with Crippen LogP contribution in [0.3, 0.4) is 0 Å². The van der Waals surface area contributed by atoms with Crippen molar-refractivity contribution in [1.82, 2.24) is 5.32 Å². The molecule has 0 amide bonds. The Labute approximate surface area is 127 Å². The number of aliphatic hydroxyl groups is 1. The lowest BCUT2D eigenvalue weighted by Crippen LogP contribution is -2.49. The third-order valence-corrected chi connectivity index (χ3v) is 5.23. The molecule has 1 aromatic rings. The van der Waals surface area contributed by atoms with Crippen LogP contribution in [0.25, 0.3) is 0 Å². The predicted molar refractivity (Wildman–Crippen MR) is 84.8 cm³/mol. The van der Waals surface area contributed by atoms with Gasteiger partial charge in [-0.15, -0.1) is 0 Å². The molecule has 3 nitrogen and oxygen atoms in total. The van der Waals surface area contributed by atoms with Gasteiger partial charge in [0.1, 0.15) is 5.75 Å². The van der Waals surface area contributed by atoms with Gasteiger partial charge in [-0.1, -0.05) is 31.4 Å². The van der Waals surface area contributed by atoms with E-state index in [1.165, 1.54) is 37.7 Å². The van der Waals surface area contributed by atoms with Crippen molar-refractivity contribution in [1.29, 1.82) is 0 Å². The summed E-state index contributed by atoms with van der Waals surface area (Å²) in [6, 6.07) is 9.01. The quantitative estimate of drug-likeness (QED) is 0.874. The largest absolute Gasteiger partial charge is 0.497 e. The summed E-state index contributed by atoms with van der Waals surface area (Å²) in [6.45, 7) is 0.771. The van der Waals surface area contributed by atoms with Crippen LogP contribution in [0.5, 0.6) is 5.75 Å². The maximum absolute atomic E-state index is 10.5. The van der Waals surface area contributed by atoms with Gasteiger partial charge < -0.3 is 15.2 Å². The zero-order chi connectivity index (χ0) is 14.7. The van der Waals surface area contributed by atoms with Gasteiger partial charge in [-0.3, -0.25) is 0 Å². The Kier molecular flexibility index (Phi) is 4.51. The van der Waals surface area contributed by atoms with Crippen molar-refractivity contribution in [3.63, 3.8) is 0 Å². The fourth-order valence-corrected chi connectivity index (χ4v) is 3.65. The van der Waals surface area contributed by atoms with Crippen molar-refractivity contribution >= 4 is 0 Å². The number of ether oxygens (including phenoxy) is 1. The first-order chi connectivity index (χ1) is 10.2. The van der Waals surface area contributed by atoms with E-state index in [1.807, 2.05) is 12.1 Å². The first-order valence-electron chi connectivity index (χ1n) is 8.28. The number of hydrogen-bond donors (Lipinski definition) is 2. The molecule has 0 saturated heterocycles. The Morgan fingerprint density at radius 1 is 1.14 bits per heavy atom. The van der Waals surface area contributed by atoms with E-state index < -0.39 is 5.60 Å². The molecule has 2 N–H and O–H groups in total. The highest BCUT2D eigenvalue weighted by Gasteiger charge is 2.34. The highest BCUT2D eigenvalue weighted by Crippen LogP contribution is 2.38. The van der Waals surface area contributed by atoms with Gasteiger partial charge in [0.25, 0.3) is 0 Å². The second-order valence-corrected chi connectivity index (χ2v) is 6.80. The monoisotopic (exact) mass is 289 g/mol. The molecule has 2 fully saturated rings. The van der Waals surface area contributed by atoms with Gasteiger partial charge >= 0.3 is 0 Å². The molecular formula is C18H27NO2. The van der Waals surface area contributed by atoms with Gasteiger partial charge in [-0.05, 0) is 49.3 Å². The summed E-state index contributed by atoms with van der Waals surface area (Å²) in [7, 11) is 1.70. The molecular weight excluding hydrogens is 262 g/mol. The minimum atomic E-state index is -0.441. The molecule has 0 unspecified atom stereocenters. The van der Waals surface area contributed by atoms with E-state index in [1.54, 1.807) is 7.11 Å². The van der Waals surface area contributed by atoms with Crippen molar-refractivity contribution in [2.45, 2.75) is 62.5 Å². The lowest BCUT2D eigenvalue weighted by molar-refractivity contribution is -0.000287. The minimum Gasteiger partial charge on any atom is -0.497 e. The fourth-order valence-electron chi connectivity index (χ4n) is 3.65. The fraction of sp³-hybridized carbons (Fsp3) is 0.667. The third-order valence-electron chi connectivity index (χ3n) is 5.23. The maximum Gasteiger partial charge on any atom is 0.118 e. The molecule has 0 spiro atoms. The van der Waals surface area contributed by atoms with Crippen LogP contribution >= 0.6 is 0 Å². The summed E-state index contributed by atoms with van der Waals surface area (Å²) in [6.07, 6.45) is 7.94. The molecule has 3 heteroatoms. The topological polar surface area (TPSA) is 41.5 Å². The molecule has 0 radical (unpaired) electrons. The van der Waals surface area contributed by atoms with Crippen LogP contribution in [0.4, 0.5) is 0 Å². The molecule has 0 atom stereocenters. The van der Waals surface area contributed by atoms with Crippen molar-refractivity contribution in [3.05, 3.63) is 29.8 Å². The second kappa shape index (κ2) is 6.37. The van der Waals surface area contributed by atoms with Crippen LogP contribution in [0.2, 0.25) is 0 Å². The van der Waals surface area contributed by atoms with Gasteiger partial charge in [-0.2, -0.15) is 0 Å². The smallest absolute Gasteiger partial charge is 0.118 e. The van der Waals surface area contributed by atoms with Crippen LogP contribution < -0.4 is 10.1 Å². The van der Waals surface area contributed by atoms with E-state index in [0.717, 1.165) is 25.1 Å². The zero-order valence-electron chi connectivity index (χ0n) is 13.0. The summed E-state index contributed by atoms with van der Waals surface area (Å²) < 4.78 is 5.20. The van der Waals surface area contributed by atoms with Crippen molar-refractivity contribution in [2.24, 2.45) is 0 Å². The highest BCUT2D eigenvalue weighted by molar-refractivity contribution is 5.30. The molecule has 3 rings (SSSR count). The standard InChI is InChI=1S/C18H27NO2/c1-21-17-7-5-14(6-8-17)15-11-16(12-15)19-13-18(20)9-3-2-4-10-18/h5-8,15-16,19-20H,2-4,9-13H2,1H3. The van der Waals surface area contributed by atoms with Gasteiger partial charge in [0.15, 0.2) is 0 Å². The zero-order valence-corrected chi connectivity index (χ0v) is 13.0. The molecule has 0 bridgehead atoms. The van der Waals surface area contributed by atoms with E-state index in [2.05, 4.69) is 17.4 Å². The van der Waals surface area contributed by atoms with Gasteiger partial charge in [0, 0.05) is 12.6 Å². The Hall–Kier alpha value is -1.06. The number of methoxy groups -OCH3 is 1. The lowest BCUT2D eigenvalue weighted by Gasteiger charge is -2.40. The molecule has 2 aliphatic rings. The van der Waals surface area contributed by atoms with Crippen LogP contribution in [0.1, 0.15) is 56.4 Å². The van der Waals surface area contributed by atoms with Crippen LogP contribution in [0.15, 0.2) is 24.3 Å². The summed E-state index contributed by atoms with van der Waals surface area (Å²) in [5, 5.41) is 14.1. The second-order valence-electron chi connectivity index (χ2n) is 6.80. The number of hydrogen-bond acceptors (Lipinski definition) is 3. The first kappa shape index (κ1) is 14.9. The first-order valence-corrected chi connectivity index (χ1v) is 8.28. The molecule has 0 aliphatic heterocycles. The average molecular weight is 289 g/mol. The molecule has 116 valence electrons. The summed E-state index contributed by atoms with van der Waals surface area (Å²) in [5.41, 5.74) is 0.967. The van der Waals surface area contributed by atoms with Crippen LogP contribution in [0, 0.1) is 0 Å². The van der Waals surface area contributed by atoms with E-state index >= 15 is 0 Å². The number of rotatable bonds is 5. The summed E-state index contributed by atoms with van der Waals surface area (Å²) in [4.78, 5) is 0. The lowest BCUT2D eigenvalue weighted by atomic mass is 9.75. The van der Waals surface area contributed by atoms with Crippen LogP contribution in [-0.2, 0) is 0 Å². The predicted octanol–water partition coefficient (Wildman–Crippen LogP) is 3.23. The Morgan fingerprint density at radius 2 is 1.81 bits per heavy atom. The van der Waals surface area contributed by atoms with E-state index in [-0.39, 0.29) is 0 Å². The van der Waals surface area contributed by atoms with Gasteiger partial charge in [0.05, 0.1) is 12.7 Å². The van der Waals surface area contributed by atoms with Gasteiger partial charge in [-0.25, -0.2) is 0 Å². The van der Waals surface area contributed by atoms with Crippen molar-refractivity contribution in [2.75, 3.05) is 13.7 Å². The van der Waals surface area contributed by atoms with Crippen LogP contribution in [-0.4, -0.2) is 30.4 Å².